The highest BCUT2D eigenvalue weighted by atomic mass is 19.3. The van der Waals surface area contributed by atoms with Crippen molar-refractivity contribution >= 4 is 5.82 Å². The molecule has 2 rings (SSSR count). The first-order chi connectivity index (χ1) is 8.44. The van der Waals surface area contributed by atoms with Crippen LogP contribution in [0.3, 0.4) is 0 Å². The first-order valence-electron chi connectivity index (χ1n) is 6.63. The molecule has 18 heavy (non-hydrogen) atoms. The molecule has 3 nitrogen and oxygen atoms in total. The normalized spacial score (nSPS) is 23.2. The van der Waals surface area contributed by atoms with Crippen LogP contribution in [0.1, 0.15) is 56.2 Å². The summed E-state index contributed by atoms with van der Waals surface area (Å²) in [5, 5.41) is 4.38. The Hall–Kier alpha value is -1.13. The molecular weight excluding hydrogens is 236 g/mol. The van der Waals surface area contributed by atoms with Crippen LogP contribution in [0.5, 0.6) is 0 Å². The lowest BCUT2D eigenvalue weighted by Crippen LogP contribution is -2.25. The molecular formula is C13H21F2N3. The average molecular weight is 257 g/mol. The molecule has 0 aliphatic heterocycles. The van der Waals surface area contributed by atoms with Crippen LogP contribution in [0, 0.1) is 0 Å². The Balaban J connectivity index is 2.29. The van der Waals surface area contributed by atoms with E-state index in [1.807, 2.05) is 0 Å². The molecule has 1 aromatic rings. The lowest BCUT2D eigenvalue weighted by Gasteiger charge is -2.28. The molecule has 0 radical (unpaired) electrons. The van der Waals surface area contributed by atoms with Crippen LogP contribution in [0.15, 0.2) is 0 Å². The number of hydrogen-bond donors (Lipinski definition) is 1. The summed E-state index contributed by atoms with van der Waals surface area (Å²) in [4.78, 5) is 0. The fraction of sp³-hybridized carbons (Fsp3) is 0.769. The SMILES string of the molecule is CCCc1c(C2CCCC(F)(F)C2)nn(C)c1N. The first-order valence-corrected chi connectivity index (χ1v) is 6.63. The third-order valence-electron chi connectivity index (χ3n) is 3.75. The largest absolute Gasteiger partial charge is 0.384 e. The van der Waals surface area contributed by atoms with E-state index in [2.05, 4.69) is 12.0 Å². The standard InChI is InChI=1S/C13H21F2N3/c1-3-5-10-11(17-18(2)12(10)16)9-6-4-7-13(14,15)8-9/h9H,3-8,16H2,1-2H3. The van der Waals surface area contributed by atoms with Gasteiger partial charge in [-0.15, -0.1) is 0 Å². The zero-order valence-electron chi connectivity index (χ0n) is 11.0. The number of halogens is 2. The zero-order valence-corrected chi connectivity index (χ0v) is 11.0. The van der Waals surface area contributed by atoms with Gasteiger partial charge >= 0.3 is 0 Å². The molecule has 0 bridgehead atoms. The van der Waals surface area contributed by atoms with Gasteiger partial charge in [-0.3, -0.25) is 4.68 Å². The van der Waals surface area contributed by atoms with Gasteiger partial charge in [0, 0.05) is 31.4 Å². The second kappa shape index (κ2) is 4.86. The molecule has 1 atom stereocenters. The molecule has 0 amide bonds. The third kappa shape index (κ3) is 2.49. The van der Waals surface area contributed by atoms with Crippen LogP contribution in [-0.2, 0) is 13.5 Å². The zero-order chi connectivity index (χ0) is 13.3. The van der Waals surface area contributed by atoms with Crippen molar-refractivity contribution in [2.24, 2.45) is 7.05 Å². The van der Waals surface area contributed by atoms with Crippen molar-refractivity contribution in [3.8, 4) is 0 Å². The molecule has 1 aliphatic carbocycles. The van der Waals surface area contributed by atoms with Gasteiger partial charge in [0.15, 0.2) is 0 Å². The number of aryl methyl sites for hydroxylation is 1. The van der Waals surface area contributed by atoms with Crippen LogP contribution in [0.4, 0.5) is 14.6 Å². The van der Waals surface area contributed by atoms with Crippen molar-refractivity contribution in [1.82, 2.24) is 9.78 Å². The number of rotatable bonds is 3. The molecule has 2 N–H and O–H groups in total. The summed E-state index contributed by atoms with van der Waals surface area (Å²) in [6.45, 7) is 2.06. The van der Waals surface area contributed by atoms with E-state index in [4.69, 9.17) is 5.73 Å². The predicted molar refractivity (Wildman–Crippen MR) is 67.8 cm³/mol. The van der Waals surface area contributed by atoms with Crippen molar-refractivity contribution < 1.29 is 8.78 Å². The molecule has 1 aromatic heterocycles. The minimum atomic E-state index is -2.54. The predicted octanol–water partition coefficient (Wildman–Crippen LogP) is 3.25. The van der Waals surface area contributed by atoms with Gasteiger partial charge < -0.3 is 5.73 Å². The maximum atomic E-state index is 13.5. The Bertz CT molecular complexity index is 426. The van der Waals surface area contributed by atoms with Crippen LogP contribution in [0.2, 0.25) is 0 Å². The molecule has 1 fully saturated rings. The monoisotopic (exact) mass is 257 g/mol. The van der Waals surface area contributed by atoms with Gasteiger partial charge in [0.2, 0.25) is 5.92 Å². The van der Waals surface area contributed by atoms with E-state index in [0.29, 0.717) is 12.2 Å². The molecule has 0 aromatic carbocycles. The van der Waals surface area contributed by atoms with Gasteiger partial charge in [0.1, 0.15) is 5.82 Å². The number of nitrogen functional groups attached to an aromatic ring is 1. The van der Waals surface area contributed by atoms with Gasteiger partial charge in [-0.05, 0) is 19.3 Å². The average Bonchev–Trinajstić information content (AvgIpc) is 2.57. The Morgan fingerprint density at radius 1 is 1.50 bits per heavy atom. The van der Waals surface area contributed by atoms with Crippen LogP contribution >= 0.6 is 0 Å². The van der Waals surface area contributed by atoms with E-state index in [-0.39, 0.29) is 18.8 Å². The van der Waals surface area contributed by atoms with Gasteiger partial charge in [-0.1, -0.05) is 13.3 Å². The van der Waals surface area contributed by atoms with E-state index in [9.17, 15) is 8.78 Å². The van der Waals surface area contributed by atoms with Crippen LogP contribution in [0.25, 0.3) is 0 Å². The fourth-order valence-corrected chi connectivity index (χ4v) is 2.84. The quantitative estimate of drug-likeness (QED) is 0.903. The molecule has 0 saturated heterocycles. The second-order valence-electron chi connectivity index (χ2n) is 5.27. The van der Waals surface area contributed by atoms with Crippen molar-refractivity contribution in [3.05, 3.63) is 11.3 Å². The number of nitrogens with two attached hydrogens (primary N) is 1. The molecule has 1 saturated carbocycles. The summed E-state index contributed by atoms with van der Waals surface area (Å²) in [7, 11) is 1.78. The maximum absolute atomic E-state index is 13.5. The maximum Gasteiger partial charge on any atom is 0.248 e. The molecule has 0 spiro atoms. The number of alkyl halides is 2. The van der Waals surface area contributed by atoms with Crippen molar-refractivity contribution in [2.75, 3.05) is 5.73 Å². The van der Waals surface area contributed by atoms with Crippen LogP contribution in [-0.4, -0.2) is 15.7 Å². The number of aromatic nitrogens is 2. The van der Waals surface area contributed by atoms with Crippen molar-refractivity contribution in [3.63, 3.8) is 0 Å². The minimum Gasteiger partial charge on any atom is -0.384 e. The summed E-state index contributed by atoms with van der Waals surface area (Å²) in [5.41, 5.74) is 7.75. The van der Waals surface area contributed by atoms with E-state index in [1.54, 1.807) is 11.7 Å². The molecule has 1 heterocycles. The third-order valence-corrected chi connectivity index (χ3v) is 3.75. The van der Waals surface area contributed by atoms with Crippen molar-refractivity contribution in [2.45, 2.75) is 57.3 Å². The summed E-state index contributed by atoms with van der Waals surface area (Å²) in [6, 6.07) is 0. The number of anilines is 1. The first kappa shape index (κ1) is 13.3. The summed E-state index contributed by atoms with van der Waals surface area (Å²) in [6.07, 6.45) is 3.06. The summed E-state index contributed by atoms with van der Waals surface area (Å²) < 4.78 is 28.6. The molecule has 5 heteroatoms. The number of nitrogens with zero attached hydrogens (tertiary/aromatic N) is 2. The second-order valence-corrected chi connectivity index (χ2v) is 5.27. The van der Waals surface area contributed by atoms with E-state index in [0.717, 1.165) is 30.5 Å². The highest BCUT2D eigenvalue weighted by Crippen LogP contribution is 2.43. The summed E-state index contributed by atoms with van der Waals surface area (Å²) >= 11 is 0. The summed E-state index contributed by atoms with van der Waals surface area (Å²) in [5.74, 6) is -2.06. The molecule has 1 unspecified atom stereocenters. The van der Waals surface area contributed by atoms with Crippen molar-refractivity contribution in [1.29, 1.82) is 0 Å². The van der Waals surface area contributed by atoms with Gasteiger partial charge in [0.25, 0.3) is 0 Å². The topological polar surface area (TPSA) is 43.8 Å². The minimum absolute atomic E-state index is 0.00886. The fourth-order valence-electron chi connectivity index (χ4n) is 2.84. The molecule has 102 valence electrons. The Morgan fingerprint density at radius 3 is 2.83 bits per heavy atom. The smallest absolute Gasteiger partial charge is 0.248 e. The van der Waals surface area contributed by atoms with Gasteiger partial charge in [0.05, 0.1) is 5.69 Å². The number of hydrogen-bond acceptors (Lipinski definition) is 2. The Kier molecular flexibility index (Phi) is 3.59. The van der Waals surface area contributed by atoms with E-state index < -0.39 is 5.92 Å². The van der Waals surface area contributed by atoms with Gasteiger partial charge in [-0.25, -0.2) is 8.78 Å². The van der Waals surface area contributed by atoms with E-state index in [1.165, 1.54) is 0 Å². The molecule has 1 aliphatic rings. The highest BCUT2D eigenvalue weighted by molar-refractivity contribution is 5.45. The highest BCUT2D eigenvalue weighted by Gasteiger charge is 2.38. The Morgan fingerprint density at radius 2 is 2.22 bits per heavy atom. The lowest BCUT2D eigenvalue weighted by atomic mass is 9.83. The van der Waals surface area contributed by atoms with Crippen LogP contribution < -0.4 is 5.73 Å². The lowest BCUT2D eigenvalue weighted by molar-refractivity contribution is -0.0413. The Labute approximate surface area is 106 Å². The van der Waals surface area contributed by atoms with Gasteiger partial charge in [-0.2, -0.15) is 5.10 Å². The van der Waals surface area contributed by atoms with E-state index >= 15 is 0 Å².